The molecule has 2 aliphatic heterocycles. The molecule has 178 valence electrons. The van der Waals surface area contributed by atoms with E-state index in [9.17, 15) is 9.59 Å². The van der Waals surface area contributed by atoms with E-state index < -0.39 is 0 Å². The van der Waals surface area contributed by atoms with Crippen LogP contribution in [0.1, 0.15) is 18.9 Å². The highest BCUT2D eigenvalue weighted by atomic mass is 16.6. The van der Waals surface area contributed by atoms with Gasteiger partial charge in [0.25, 0.3) is 5.56 Å². The second-order valence-corrected chi connectivity index (χ2v) is 8.60. The van der Waals surface area contributed by atoms with Crippen LogP contribution in [0.25, 0.3) is 10.9 Å². The number of hydrogen-bond acceptors (Lipinski definition) is 6. The smallest absolute Gasteiger partial charge is 0.321 e. The van der Waals surface area contributed by atoms with Gasteiger partial charge >= 0.3 is 6.03 Å². The Morgan fingerprint density at radius 3 is 2.47 bits per heavy atom. The highest BCUT2D eigenvalue weighted by Crippen LogP contribution is 2.33. The van der Waals surface area contributed by atoms with Gasteiger partial charge in [-0.3, -0.25) is 9.36 Å². The molecule has 0 unspecified atom stereocenters. The van der Waals surface area contributed by atoms with Crippen molar-refractivity contribution in [2.45, 2.75) is 26.8 Å². The molecule has 0 atom stereocenters. The van der Waals surface area contributed by atoms with Crippen LogP contribution >= 0.6 is 0 Å². The second kappa shape index (κ2) is 9.24. The molecule has 1 fully saturated rings. The number of aromatic nitrogens is 2. The van der Waals surface area contributed by atoms with E-state index in [1.807, 2.05) is 38.1 Å². The number of nitrogens with zero attached hydrogens (tertiary/aromatic N) is 4. The minimum atomic E-state index is -0.116. The van der Waals surface area contributed by atoms with Gasteiger partial charge in [-0.2, -0.15) is 0 Å². The third kappa shape index (κ3) is 4.13. The van der Waals surface area contributed by atoms with Gasteiger partial charge in [0.05, 0.1) is 10.9 Å². The molecule has 1 aromatic heterocycles. The monoisotopic (exact) mass is 463 g/mol. The van der Waals surface area contributed by atoms with Crippen LogP contribution in [0.5, 0.6) is 11.5 Å². The normalized spacial score (nSPS) is 15.5. The van der Waals surface area contributed by atoms with Crippen LogP contribution in [-0.2, 0) is 6.54 Å². The molecule has 2 aliphatic rings. The van der Waals surface area contributed by atoms with Crippen molar-refractivity contribution < 1.29 is 14.3 Å². The van der Waals surface area contributed by atoms with E-state index in [4.69, 9.17) is 14.5 Å². The summed E-state index contributed by atoms with van der Waals surface area (Å²) < 4.78 is 13.1. The quantitative estimate of drug-likeness (QED) is 0.639. The van der Waals surface area contributed by atoms with Gasteiger partial charge < -0.3 is 24.6 Å². The molecule has 34 heavy (non-hydrogen) atoms. The van der Waals surface area contributed by atoms with Crippen molar-refractivity contribution in [2.24, 2.45) is 0 Å². The summed E-state index contributed by atoms with van der Waals surface area (Å²) >= 11 is 0. The SMILES string of the molecule is CCCn1c(N2CCN(C(=O)Nc3ccccc3C)CC2)nc2cc3c(cc2c1=O)OCCO3. The van der Waals surface area contributed by atoms with Crippen LogP contribution in [0.4, 0.5) is 16.4 Å². The number of ether oxygens (including phenoxy) is 2. The lowest BCUT2D eigenvalue weighted by Gasteiger charge is -2.36. The van der Waals surface area contributed by atoms with E-state index in [-0.39, 0.29) is 11.6 Å². The molecule has 0 aliphatic carbocycles. The first-order valence-corrected chi connectivity index (χ1v) is 11.8. The molecule has 1 saturated heterocycles. The third-order valence-electron chi connectivity index (χ3n) is 6.28. The van der Waals surface area contributed by atoms with Crippen molar-refractivity contribution in [3.05, 3.63) is 52.3 Å². The van der Waals surface area contributed by atoms with E-state index in [0.717, 1.165) is 17.7 Å². The predicted molar refractivity (Wildman–Crippen MR) is 131 cm³/mol. The number of anilines is 2. The fourth-order valence-corrected chi connectivity index (χ4v) is 4.43. The fourth-order valence-electron chi connectivity index (χ4n) is 4.43. The summed E-state index contributed by atoms with van der Waals surface area (Å²) in [6.45, 7) is 7.79. The molecule has 2 aromatic carbocycles. The maximum Gasteiger partial charge on any atom is 0.321 e. The van der Waals surface area contributed by atoms with Crippen molar-refractivity contribution >= 4 is 28.6 Å². The number of rotatable bonds is 4. The lowest BCUT2D eigenvalue weighted by molar-refractivity contribution is 0.172. The van der Waals surface area contributed by atoms with Crippen LogP contribution < -0.4 is 25.2 Å². The van der Waals surface area contributed by atoms with Gasteiger partial charge in [0.15, 0.2) is 11.5 Å². The largest absolute Gasteiger partial charge is 0.486 e. The zero-order valence-electron chi connectivity index (χ0n) is 19.5. The number of hydrogen-bond donors (Lipinski definition) is 1. The zero-order valence-corrected chi connectivity index (χ0v) is 19.5. The topological polar surface area (TPSA) is 88.9 Å². The molecular formula is C25H29N5O4. The summed E-state index contributed by atoms with van der Waals surface area (Å²) in [6.07, 6.45) is 0.809. The number of amides is 2. The van der Waals surface area contributed by atoms with E-state index in [2.05, 4.69) is 10.2 Å². The maximum atomic E-state index is 13.4. The van der Waals surface area contributed by atoms with Crippen molar-refractivity contribution in [3.8, 4) is 11.5 Å². The van der Waals surface area contributed by atoms with Gasteiger partial charge in [-0.1, -0.05) is 25.1 Å². The predicted octanol–water partition coefficient (Wildman–Crippen LogP) is 3.24. The molecular weight excluding hydrogens is 434 g/mol. The number of carbonyl (C=O) groups excluding carboxylic acids is 1. The number of benzene rings is 2. The average molecular weight is 464 g/mol. The van der Waals surface area contributed by atoms with E-state index >= 15 is 0 Å². The number of carbonyl (C=O) groups is 1. The Bertz CT molecular complexity index is 1280. The molecule has 3 heterocycles. The highest BCUT2D eigenvalue weighted by molar-refractivity contribution is 5.90. The summed E-state index contributed by atoms with van der Waals surface area (Å²) in [5, 5.41) is 3.53. The zero-order chi connectivity index (χ0) is 23.7. The molecule has 0 spiro atoms. The number of aryl methyl sites for hydroxylation is 1. The van der Waals surface area contributed by atoms with Gasteiger partial charge in [-0.15, -0.1) is 0 Å². The average Bonchev–Trinajstić information content (AvgIpc) is 2.86. The van der Waals surface area contributed by atoms with Crippen molar-refractivity contribution in [2.75, 3.05) is 49.6 Å². The Morgan fingerprint density at radius 1 is 1.06 bits per heavy atom. The first-order chi connectivity index (χ1) is 16.5. The molecule has 9 nitrogen and oxygen atoms in total. The Morgan fingerprint density at radius 2 is 1.76 bits per heavy atom. The molecule has 0 saturated carbocycles. The van der Waals surface area contributed by atoms with Crippen LogP contribution in [0.3, 0.4) is 0 Å². The molecule has 1 N–H and O–H groups in total. The van der Waals surface area contributed by atoms with Crippen LogP contribution in [0.15, 0.2) is 41.2 Å². The van der Waals surface area contributed by atoms with Crippen LogP contribution in [-0.4, -0.2) is 59.9 Å². The lowest BCUT2D eigenvalue weighted by atomic mass is 10.2. The van der Waals surface area contributed by atoms with E-state index in [1.165, 1.54) is 0 Å². The molecule has 0 radical (unpaired) electrons. The second-order valence-electron chi connectivity index (χ2n) is 8.60. The van der Waals surface area contributed by atoms with Crippen molar-refractivity contribution in [1.82, 2.24) is 14.5 Å². The number of urea groups is 1. The number of fused-ring (bicyclic) bond motifs is 2. The molecule has 0 bridgehead atoms. The van der Waals surface area contributed by atoms with Crippen LogP contribution in [0.2, 0.25) is 0 Å². The van der Waals surface area contributed by atoms with Gasteiger partial charge in [-0.25, -0.2) is 9.78 Å². The Labute approximate surface area is 197 Å². The Kier molecular flexibility index (Phi) is 6.00. The van der Waals surface area contributed by atoms with Crippen LogP contribution in [0, 0.1) is 6.92 Å². The van der Waals surface area contributed by atoms with Crippen molar-refractivity contribution in [3.63, 3.8) is 0 Å². The molecule has 9 heteroatoms. The standard InChI is InChI=1S/C25H29N5O4/c1-3-8-30-23(31)18-15-21-22(34-14-13-33-21)16-20(18)26-24(30)28-9-11-29(12-10-28)25(32)27-19-7-5-4-6-17(19)2/h4-7,15-16H,3,8-14H2,1-2H3,(H,27,32). The highest BCUT2D eigenvalue weighted by Gasteiger charge is 2.26. The summed E-state index contributed by atoms with van der Waals surface area (Å²) in [4.78, 5) is 35.0. The first kappa shape index (κ1) is 22.1. The Hall–Kier alpha value is -3.75. The molecule has 3 aromatic rings. The van der Waals surface area contributed by atoms with Gasteiger partial charge in [-0.05, 0) is 31.0 Å². The fraction of sp³-hybridized carbons (Fsp3) is 0.400. The first-order valence-electron chi connectivity index (χ1n) is 11.8. The number of para-hydroxylation sites is 1. The molecule has 2 amide bonds. The summed E-state index contributed by atoms with van der Waals surface area (Å²) in [6, 6.07) is 11.1. The summed E-state index contributed by atoms with van der Waals surface area (Å²) in [7, 11) is 0. The number of piperazine rings is 1. The number of nitrogens with one attached hydrogen (secondary N) is 1. The van der Waals surface area contributed by atoms with Gasteiger partial charge in [0.1, 0.15) is 13.2 Å². The van der Waals surface area contributed by atoms with Crippen molar-refractivity contribution in [1.29, 1.82) is 0 Å². The maximum absolute atomic E-state index is 13.4. The lowest BCUT2D eigenvalue weighted by Crippen LogP contribution is -2.51. The Balaban J connectivity index is 1.38. The summed E-state index contributed by atoms with van der Waals surface area (Å²) in [5.41, 5.74) is 2.35. The minimum Gasteiger partial charge on any atom is -0.486 e. The van der Waals surface area contributed by atoms with Gasteiger partial charge in [0.2, 0.25) is 5.95 Å². The minimum absolute atomic E-state index is 0.0847. The molecule has 5 rings (SSSR count). The van der Waals surface area contributed by atoms with E-state index in [1.54, 1.807) is 21.6 Å². The van der Waals surface area contributed by atoms with Gasteiger partial charge in [0, 0.05) is 44.5 Å². The third-order valence-corrected chi connectivity index (χ3v) is 6.28. The van der Waals surface area contributed by atoms with E-state index in [0.29, 0.717) is 74.3 Å². The summed E-state index contributed by atoms with van der Waals surface area (Å²) in [5.74, 6) is 1.83.